The van der Waals surface area contributed by atoms with Crippen LogP contribution in [0.3, 0.4) is 0 Å². The molecule has 0 amide bonds. The van der Waals surface area contributed by atoms with E-state index in [1.54, 1.807) is 0 Å². The Morgan fingerprint density at radius 3 is 2.72 bits per heavy atom. The van der Waals surface area contributed by atoms with Gasteiger partial charge in [0.1, 0.15) is 0 Å². The number of nitrogens with zero attached hydrogens (tertiary/aromatic N) is 4. The average Bonchev–Trinajstić information content (AvgIpc) is 3.31. The monoisotopic (exact) mass is 523 g/mol. The van der Waals surface area contributed by atoms with Gasteiger partial charge in [-0.1, -0.05) is 44.0 Å². The second-order valence-electron chi connectivity index (χ2n) is 11.8. The number of pyridine rings is 2. The first-order chi connectivity index (χ1) is 19.3. The lowest BCUT2D eigenvalue weighted by Crippen LogP contribution is -2.33. The lowest BCUT2D eigenvalue weighted by molar-refractivity contribution is 0.161. The van der Waals surface area contributed by atoms with Crippen molar-refractivity contribution < 1.29 is 0 Å². The van der Waals surface area contributed by atoms with E-state index >= 15 is 0 Å². The molecule has 0 spiro atoms. The van der Waals surface area contributed by atoms with Crippen molar-refractivity contribution in [2.45, 2.75) is 90.3 Å². The highest BCUT2D eigenvalue weighted by Gasteiger charge is 2.28. The molecule has 1 saturated heterocycles. The zero-order valence-corrected chi connectivity index (χ0v) is 23.7. The smallest absolute Gasteiger partial charge is 0.0786 e. The Hall–Kier alpha value is -2.76. The summed E-state index contributed by atoms with van der Waals surface area (Å²) in [6.45, 7) is 7.71. The average molecular weight is 524 g/mol. The second-order valence-corrected chi connectivity index (χ2v) is 11.8. The number of benzene rings is 1. The lowest BCUT2D eigenvalue weighted by atomic mass is 9.90. The summed E-state index contributed by atoms with van der Waals surface area (Å²) in [5, 5.41) is 6.24. The van der Waals surface area contributed by atoms with E-state index in [1.165, 1.54) is 110 Å². The molecule has 2 aliphatic rings. The molecule has 1 aliphatic heterocycles. The maximum Gasteiger partial charge on any atom is 0.0786 e. The number of unbranched alkanes of at least 4 members (excludes halogenated alkanes) is 2. The number of para-hydroxylation sites is 1. The van der Waals surface area contributed by atoms with Crippen molar-refractivity contribution in [2.75, 3.05) is 19.6 Å². The first-order valence-corrected chi connectivity index (χ1v) is 15.6. The molecule has 5 heteroatoms. The van der Waals surface area contributed by atoms with Gasteiger partial charge in [0.25, 0.3) is 0 Å². The highest BCUT2D eigenvalue weighted by molar-refractivity contribution is 6.08. The molecule has 0 radical (unpaired) electrons. The van der Waals surface area contributed by atoms with Crippen molar-refractivity contribution >= 4 is 21.8 Å². The topological polar surface area (TPSA) is 46.0 Å². The quantitative estimate of drug-likeness (QED) is 0.208. The largest absolute Gasteiger partial charge is 0.339 e. The molecule has 1 aliphatic carbocycles. The molecule has 1 aromatic carbocycles. The van der Waals surface area contributed by atoms with Crippen LogP contribution in [0, 0.1) is 5.92 Å². The normalized spacial score (nSPS) is 18.3. The van der Waals surface area contributed by atoms with E-state index in [-0.39, 0.29) is 0 Å². The summed E-state index contributed by atoms with van der Waals surface area (Å²) in [6, 6.07) is 16.0. The Morgan fingerprint density at radius 2 is 1.82 bits per heavy atom. The minimum absolute atomic E-state index is 0.376. The second kappa shape index (κ2) is 12.6. The fraction of sp³-hybridized carbons (Fsp3) is 0.529. The standard InChI is InChI=1S/C34H45N5/c1-2-3-6-23-38(32-15-7-11-27-12-8-19-37-33(27)32)25-30-34-29(18-22-36-30)28-13-4-5-14-31(28)39(34)24-9-10-26-16-20-35-21-17-26/h4-5,8,12-14,18-19,22,26,32,35H,2-3,6-7,9-11,15-17,20-21,23-25H2,1H3/t32-/m0/s1. The number of aryl methyl sites for hydroxylation is 2. The van der Waals surface area contributed by atoms with Crippen molar-refractivity contribution in [3.63, 3.8) is 0 Å². The van der Waals surface area contributed by atoms with E-state index in [0.717, 1.165) is 32.0 Å². The van der Waals surface area contributed by atoms with Crippen LogP contribution < -0.4 is 5.32 Å². The van der Waals surface area contributed by atoms with E-state index in [0.29, 0.717) is 6.04 Å². The Balaban J connectivity index is 1.34. The number of hydrogen-bond donors (Lipinski definition) is 1. The van der Waals surface area contributed by atoms with Crippen LogP contribution in [0.2, 0.25) is 0 Å². The molecule has 3 aromatic heterocycles. The van der Waals surface area contributed by atoms with Gasteiger partial charge in [0, 0.05) is 41.8 Å². The summed E-state index contributed by atoms with van der Waals surface area (Å²) in [5.41, 5.74) is 6.67. The van der Waals surface area contributed by atoms with Crippen molar-refractivity contribution in [3.05, 3.63) is 71.8 Å². The summed E-state index contributed by atoms with van der Waals surface area (Å²) < 4.78 is 2.60. The van der Waals surface area contributed by atoms with E-state index in [1.807, 2.05) is 12.4 Å². The molecule has 5 nitrogen and oxygen atoms in total. The van der Waals surface area contributed by atoms with Crippen molar-refractivity contribution in [1.29, 1.82) is 0 Å². The molecule has 1 fully saturated rings. The molecule has 1 N–H and O–H groups in total. The van der Waals surface area contributed by atoms with Crippen LogP contribution in [-0.4, -0.2) is 39.1 Å². The Kier molecular flexibility index (Phi) is 8.56. The zero-order valence-electron chi connectivity index (χ0n) is 23.7. The Morgan fingerprint density at radius 1 is 0.923 bits per heavy atom. The number of fused-ring (bicyclic) bond motifs is 4. The molecule has 0 unspecified atom stereocenters. The summed E-state index contributed by atoms with van der Waals surface area (Å²) in [5.74, 6) is 0.866. The van der Waals surface area contributed by atoms with Gasteiger partial charge in [0.2, 0.25) is 0 Å². The van der Waals surface area contributed by atoms with Gasteiger partial charge >= 0.3 is 0 Å². The molecular weight excluding hydrogens is 478 g/mol. The van der Waals surface area contributed by atoms with Gasteiger partial charge in [0.15, 0.2) is 0 Å². The van der Waals surface area contributed by atoms with Crippen LogP contribution in [0.25, 0.3) is 21.8 Å². The zero-order chi connectivity index (χ0) is 26.4. The number of rotatable bonds is 11. The van der Waals surface area contributed by atoms with E-state index < -0.39 is 0 Å². The highest BCUT2D eigenvalue weighted by Crippen LogP contribution is 2.36. The molecule has 0 saturated carbocycles. The Labute approximate surface area is 234 Å². The van der Waals surface area contributed by atoms with Gasteiger partial charge < -0.3 is 9.88 Å². The minimum atomic E-state index is 0.376. The molecule has 4 heterocycles. The van der Waals surface area contributed by atoms with Crippen LogP contribution >= 0.6 is 0 Å². The van der Waals surface area contributed by atoms with Gasteiger partial charge in [0.05, 0.1) is 22.9 Å². The van der Waals surface area contributed by atoms with Gasteiger partial charge in [-0.05, 0) is 101 Å². The molecular formula is C34H45N5. The van der Waals surface area contributed by atoms with Gasteiger partial charge in [-0.25, -0.2) is 0 Å². The number of hydrogen-bond acceptors (Lipinski definition) is 4. The van der Waals surface area contributed by atoms with E-state index in [2.05, 4.69) is 64.2 Å². The third-order valence-electron chi connectivity index (χ3n) is 9.22. The van der Waals surface area contributed by atoms with Crippen LogP contribution in [0.4, 0.5) is 0 Å². The number of nitrogens with one attached hydrogen (secondary N) is 1. The van der Waals surface area contributed by atoms with Gasteiger partial charge in [-0.2, -0.15) is 0 Å². The molecule has 1 atom stereocenters. The molecule has 206 valence electrons. The van der Waals surface area contributed by atoms with Gasteiger partial charge in [-0.15, -0.1) is 0 Å². The van der Waals surface area contributed by atoms with E-state index in [4.69, 9.17) is 9.97 Å². The fourth-order valence-corrected chi connectivity index (χ4v) is 7.17. The molecule has 39 heavy (non-hydrogen) atoms. The van der Waals surface area contributed by atoms with Crippen LogP contribution in [0.1, 0.15) is 87.7 Å². The van der Waals surface area contributed by atoms with Crippen LogP contribution in [0.5, 0.6) is 0 Å². The predicted molar refractivity (Wildman–Crippen MR) is 162 cm³/mol. The summed E-state index contributed by atoms with van der Waals surface area (Å²) in [4.78, 5) is 12.7. The summed E-state index contributed by atoms with van der Waals surface area (Å²) in [7, 11) is 0. The maximum atomic E-state index is 5.09. The van der Waals surface area contributed by atoms with E-state index in [9.17, 15) is 0 Å². The summed E-state index contributed by atoms with van der Waals surface area (Å²) >= 11 is 0. The van der Waals surface area contributed by atoms with Crippen LogP contribution in [0.15, 0.2) is 54.9 Å². The molecule has 0 bridgehead atoms. The minimum Gasteiger partial charge on any atom is -0.339 e. The van der Waals surface area contributed by atoms with Gasteiger partial charge in [-0.3, -0.25) is 14.9 Å². The van der Waals surface area contributed by atoms with Crippen molar-refractivity contribution in [3.8, 4) is 0 Å². The number of piperidine rings is 1. The first kappa shape index (κ1) is 26.5. The van der Waals surface area contributed by atoms with Crippen LogP contribution in [-0.2, 0) is 19.5 Å². The maximum absolute atomic E-state index is 5.09. The first-order valence-electron chi connectivity index (χ1n) is 15.6. The lowest BCUT2D eigenvalue weighted by Gasteiger charge is -2.35. The number of aromatic nitrogens is 3. The van der Waals surface area contributed by atoms with Crippen molar-refractivity contribution in [2.24, 2.45) is 5.92 Å². The van der Waals surface area contributed by atoms with Crippen molar-refractivity contribution in [1.82, 2.24) is 24.8 Å². The third-order valence-corrected chi connectivity index (χ3v) is 9.22. The highest BCUT2D eigenvalue weighted by atomic mass is 15.2. The fourth-order valence-electron chi connectivity index (χ4n) is 7.17. The molecule has 6 rings (SSSR count). The predicted octanol–water partition coefficient (Wildman–Crippen LogP) is 7.43. The molecule has 4 aromatic rings. The Bertz CT molecular complexity index is 1370. The SMILES string of the molecule is CCCCCN(Cc1nccc2c3ccccc3n(CCCC3CCNCC3)c12)[C@H]1CCCc2cccnc21. The summed E-state index contributed by atoms with van der Waals surface area (Å²) in [6.07, 6.45) is 16.5. The third kappa shape index (κ3) is 5.76.